The topological polar surface area (TPSA) is 124 Å². The lowest BCUT2D eigenvalue weighted by Crippen LogP contribution is -2.39. The Balaban J connectivity index is 1.46. The third kappa shape index (κ3) is 7.28. The number of nitrogens with zero attached hydrogens (tertiary/aromatic N) is 2. The van der Waals surface area contributed by atoms with Gasteiger partial charge < -0.3 is 14.2 Å². The quantitative estimate of drug-likeness (QED) is 0.123. The SMILES string of the molecule is COc1ccc(N(CC(=O)N/N=C\c2ccc(OC(=O)c3ccccc3)cc2)S(=O)(=O)c2ccccc2)cc1OC. The van der Waals surface area contributed by atoms with Gasteiger partial charge in [0.1, 0.15) is 12.3 Å². The molecule has 210 valence electrons. The lowest BCUT2D eigenvalue weighted by molar-refractivity contribution is -0.119. The maximum Gasteiger partial charge on any atom is 0.343 e. The number of ether oxygens (including phenoxy) is 3. The lowest BCUT2D eigenvalue weighted by atomic mass is 10.2. The Bertz CT molecular complexity index is 1630. The monoisotopic (exact) mass is 573 g/mol. The van der Waals surface area contributed by atoms with Gasteiger partial charge in [0.05, 0.1) is 36.6 Å². The van der Waals surface area contributed by atoms with Gasteiger partial charge in [-0.2, -0.15) is 5.10 Å². The van der Waals surface area contributed by atoms with Crippen molar-refractivity contribution in [3.63, 3.8) is 0 Å². The third-order valence-electron chi connectivity index (χ3n) is 5.78. The summed E-state index contributed by atoms with van der Waals surface area (Å²) < 4.78 is 43.9. The van der Waals surface area contributed by atoms with E-state index in [9.17, 15) is 18.0 Å². The molecule has 10 nitrogen and oxygen atoms in total. The second kappa shape index (κ2) is 13.3. The van der Waals surface area contributed by atoms with Crippen LogP contribution in [0.2, 0.25) is 0 Å². The predicted octanol–water partition coefficient (Wildman–Crippen LogP) is 4.27. The number of nitrogens with one attached hydrogen (secondary N) is 1. The van der Waals surface area contributed by atoms with Crippen LogP contribution in [0.15, 0.2) is 113 Å². The molecule has 0 bridgehead atoms. The molecule has 0 spiro atoms. The van der Waals surface area contributed by atoms with Crippen molar-refractivity contribution in [3.8, 4) is 17.2 Å². The molecule has 0 aliphatic heterocycles. The molecule has 0 fully saturated rings. The van der Waals surface area contributed by atoms with E-state index in [1.165, 1.54) is 44.7 Å². The maximum atomic E-state index is 13.5. The number of hydrogen-bond acceptors (Lipinski definition) is 8. The maximum absolute atomic E-state index is 13.5. The summed E-state index contributed by atoms with van der Waals surface area (Å²) in [5, 5.41) is 3.94. The Morgan fingerprint density at radius 3 is 2.10 bits per heavy atom. The van der Waals surface area contributed by atoms with Crippen molar-refractivity contribution < 1.29 is 32.2 Å². The fourth-order valence-electron chi connectivity index (χ4n) is 3.72. The van der Waals surface area contributed by atoms with Crippen LogP contribution in [0.25, 0.3) is 0 Å². The molecule has 0 radical (unpaired) electrons. The van der Waals surface area contributed by atoms with Gasteiger partial charge in [-0.3, -0.25) is 9.10 Å². The van der Waals surface area contributed by atoms with E-state index < -0.39 is 28.4 Å². The Morgan fingerprint density at radius 1 is 0.829 bits per heavy atom. The molecule has 0 aliphatic carbocycles. The van der Waals surface area contributed by atoms with Crippen LogP contribution in [0.5, 0.6) is 17.2 Å². The molecule has 0 unspecified atom stereocenters. The first-order valence-electron chi connectivity index (χ1n) is 12.3. The summed E-state index contributed by atoms with van der Waals surface area (Å²) in [5.41, 5.74) is 3.60. The van der Waals surface area contributed by atoms with E-state index in [0.717, 1.165) is 4.31 Å². The van der Waals surface area contributed by atoms with E-state index in [4.69, 9.17) is 14.2 Å². The molecule has 11 heteroatoms. The largest absolute Gasteiger partial charge is 0.493 e. The fourth-order valence-corrected chi connectivity index (χ4v) is 5.16. The zero-order valence-electron chi connectivity index (χ0n) is 22.3. The molecule has 0 saturated carbocycles. The fraction of sp³-hybridized carbons (Fsp3) is 0.100. The molecular formula is C30H27N3O7S. The normalized spacial score (nSPS) is 11.1. The average molecular weight is 574 g/mol. The molecule has 0 heterocycles. The number of anilines is 1. The highest BCUT2D eigenvalue weighted by Crippen LogP contribution is 2.33. The zero-order chi connectivity index (χ0) is 29.2. The van der Waals surface area contributed by atoms with Crippen molar-refractivity contribution in [1.82, 2.24) is 5.43 Å². The molecule has 4 rings (SSSR count). The number of benzene rings is 4. The summed E-state index contributed by atoms with van der Waals surface area (Å²) in [5.74, 6) is -0.109. The lowest BCUT2D eigenvalue weighted by Gasteiger charge is -2.24. The van der Waals surface area contributed by atoms with E-state index in [0.29, 0.717) is 28.4 Å². The van der Waals surface area contributed by atoms with Gasteiger partial charge in [0, 0.05) is 6.07 Å². The number of hydrazone groups is 1. The molecule has 0 aliphatic rings. The number of amides is 1. The summed E-state index contributed by atoms with van der Waals surface area (Å²) in [7, 11) is -1.23. The molecule has 0 aromatic heterocycles. The highest BCUT2D eigenvalue weighted by molar-refractivity contribution is 7.92. The average Bonchev–Trinajstić information content (AvgIpc) is 3.01. The molecule has 0 saturated heterocycles. The summed E-state index contributed by atoms with van der Waals surface area (Å²) >= 11 is 0. The molecule has 0 atom stereocenters. The van der Waals surface area contributed by atoms with Crippen molar-refractivity contribution in [1.29, 1.82) is 0 Å². The van der Waals surface area contributed by atoms with Crippen LogP contribution in [-0.4, -0.2) is 47.3 Å². The van der Waals surface area contributed by atoms with Crippen LogP contribution in [0, 0.1) is 0 Å². The van der Waals surface area contributed by atoms with Gasteiger partial charge in [0.2, 0.25) is 0 Å². The Kier molecular flexibility index (Phi) is 9.33. The van der Waals surface area contributed by atoms with Crippen molar-refractivity contribution in [2.24, 2.45) is 5.10 Å². The Hall–Kier alpha value is -5.16. The van der Waals surface area contributed by atoms with Gasteiger partial charge >= 0.3 is 5.97 Å². The van der Waals surface area contributed by atoms with Crippen molar-refractivity contribution in [3.05, 3.63) is 114 Å². The molecule has 4 aromatic rings. The van der Waals surface area contributed by atoms with E-state index in [1.54, 1.807) is 78.9 Å². The van der Waals surface area contributed by atoms with Crippen molar-refractivity contribution in [2.45, 2.75) is 4.90 Å². The third-order valence-corrected chi connectivity index (χ3v) is 7.56. The van der Waals surface area contributed by atoms with Crippen LogP contribution in [-0.2, 0) is 14.8 Å². The number of rotatable bonds is 11. The minimum absolute atomic E-state index is 0.0131. The molecule has 1 amide bonds. The summed E-state index contributed by atoms with van der Waals surface area (Å²) in [6, 6.07) is 27.4. The number of hydrogen-bond donors (Lipinski definition) is 1. The standard InChI is InChI=1S/C30H27N3O7S/c1-38-27-18-15-24(19-28(27)39-2)33(41(36,37)26-11-7-4-8-12-26)21-29(34)32-31-20-22-13-16-25(17-14-22)40-30(35)23-9-5-3-6-10-23/h3-20H,21H2,1-2H3,(H,32,34)/b31-20-. The Labute approximate surface area is 237 Å². The second-order valence-electron chi connectivity index (χ2n) is 8.48. The van der Waals surface area contributed by atoms with Crippen LogP contribution < -0.4 is 23.9 Å². The first kappa shape index (κ1) is 28.8. The van der Waals surface area contributed by atoms with Gasteiger partial charge in [-0.05, 0) is 66.2 Å². The minimum atomic E-state index is -4.12. The smallest absolute Gasteiger partial charge is 0.343 e. The van der Waals surface area contributed by atoms with Crippen LogP contribution in [0.3, 0.4) is 0 Å². The number of carbonyl (C=O) groups is 2. The highest BCUT2D eigenvalue weighted by Gasteiger charge is 2.28. The van der Waals surface area contributed by atoms with Gasteiger partial charge in [-0.25, -0.2) is 18.6 Å². The summed E-state index contributed by atoms with van der Waals surface area (Å²) in [4.78, 5) is 25.1. The molecular weight excluding hydrogens is 546 g/mol. The molecule has 1 N–H and O–H groups in total. The van der Waals surface area contributed by atoms with Crippen LogP contribution in [0.1, 0.15) is 15.9 Å². The Morgan fingerprint density at radius 2 is 1.46 bits per heavy atom. The predicted molar refractivity (Wildman–Crippen MR) is 154 cm³/mol. The number of sulfonamides is 1. The summed E-state index contributed by atoms with van der Waals surface area (Å²) in [6.07, 6.45) is 1.38. The van der Waals surface area contributed by atoms with E-state index in [1.807, 2.05) is 0 Å². The van der Waals surface area contributed by atoms with Gasteiger partial charge in [-0.1, -0.05) is 36.4 Å². The number of methoxy groups -OCH3 is 2. The highest BCUT2D eigenvalue weighted by atomic mass is 32.2. The summed E-state index contributed by atoms with van der Waals surface area (Å²) in [6.45, 7) is -0.557. The number of esters is 1. The van der Waals surface area contributed by atoms with Crippen LogP contribution in [0.4, 0.5) is 5.69 Å². The van der Waals surface area contributed by atoms with E-state index in [-0.39, 0.29) is 10.6 Å². The molecule has 4 aromatic carbocycles. The van der Waals surface area contributed by atoms with Gasteiger partial charge in [0.15, 0.2) is 11.5 Å². The van der Waals surface area contributed by atoms with Gasteiger partial charge in [-0.15, -0.1) is 0 Å². The second-order valence-corrected chi connectivity index (χ2v) is 10.3. The van der Waals surface area contributed by atoms with Crippen LogP contribution >= 0.6 is 0 Å². The zero-order valence-corrected chi connectivity index (χ0v) is 23.1. The van der Waals surface area contributed by atoms with Crippen molar-refractivity contribution in [2.75, 3.05) is 25.1 Å². The van der Waals surface area contributed by atoms with E-state index >= 15 is 0 Å². The molecule has 41 heavy (non-hydrogen) atoms. The van der Waals surface area contributed by atoms with E-state index in [2.05, 4.69) is 10.5 Å². The van der Waals surface area contributed by atoms with Crippen molar-refractivity contribution >= 4 is 33.8 Å². The first-order valence-corrected chi connectivity index (χ1v) is 13.7. The number of carbonyl (C=O) groups excluding carboxylic acids is 2. The minimum Gasteiger partial charge on any atom is -0.493 e. The van der Waals surface area contributed by atoms with Gasteiger partial charge in [0.25, 0.3) is 15.9 Å². The first-order chi connectivity index (χ1) is 19.8.